The summed E-state index contributed by atoms with van der Waals surface area (Å²) in [4.78, 5) is 27.8. The van der Waals surface area contributed by atoms with Crippen molar-refractivity contribution in [2.24, 2.45) is 0 Å². The molecular weight excluding hydrogens is 623 g/mol. The zero-order chi connectivity index (χ0) is 28.9. The van der Waals surface area contributed by atoms with E-state index in [1.807, 2.05) is 13.8 Å². The molecule has 1 aliphatic carbocycles. The van der Waals surface area contributed by atoms with Gasteiger partial charge in [0, 0.05) is 38.8 Å². The molecule has 0 heterocycles. The number of hydrogen-bond donors (Lipinski definition) is 4. The molecule has 220 valence electrons. The number of carbonyl (C=O) groups excluding carboxylic acids is 2. The molecule has 3 atom stereocenters. The number of halogens is 1. The second kappa shape index (κ2) is 17.0. The first-order valence-electron chi connectivity index (χ1n) is 13.0. The Balaban J connectivity index is 2.44. The normalized spacial score (nSPS) is 19.0. The highest BCUT2D eigenvalue weighted by Crippen LogP contribution is 2.37. The van der Waals surface area contributed by atoms with Crippen LogP contribution in [0.5, 0.6) is 11.5 Å². The van der Waals surface area contributed by atoms with Crippen LogP contribution in [0.3, 0.4) is 0 Å². The SMILES string of the molecule is COCCC(=O)N(CCCOC(C)C)C1CC(C(=O)NCCO)=CC(Oc2c(I)cc(CO)cc2OC)C1O. The molecule has 1 aromatic carbocycles. The summed E-state index contributed by atoms with van der Waals surface area (Å²) in [5.41, 5.74) is 0.955. The zero-order valence-electron chi connectivity index (χ0n) is 23.0. The molecule has 4 N–H and O–H groups in total. The average Bonchev–Trinajstić information content (AvgIpc) is 2.92. The summed E-state index contributed by atoms with van der Waals surface area (Å²) in [7, 11) is 2.98. The number of carbonyl (C=O) groups is 2. The quantitative estimate of drug-likeness (QED) is 0.152. The maximum atomic E-state index is 13.3. The van der Waals surface area contributed by atoms with Crippen molar-refractivity contribution in [1.82, 2.24) is 10.2 Å². The smallest absolute Gasteiger partial charge is 0.247 e. The van der Waals surface area contributed by atoms with Gasteiger partial charge < -0.3 is 44.5 Å². The van der Waals surface area contributed by atoms with E-state index >= 15 is 0 Å². The number of nitrogens with zero attached hydrogens (tertiary/aromatic N) is 1. The van der Waals surface area contributed by atoms with Gasteiger partial charge in [-0.1, -0.05) is 0 Å². The van der Waals surface area contributed by atoms with E-state index in [1.165, 1.54) is 14.2 Å². The highest BCUT2D eigenvalue weighted by molar-refractivity contribution is 14.1. The molecule has 0 fully saturated rings. The van der Waals surface area contributed by atoms with Crippen molar-refractivity contribution in [2.45, 2.75) is 64.1 Å². The predicted molar refractivity (Wildman–Crippen MR) is 153 cm³/mol. The van der Waals surface area contributed by atoms with Crippen LogP contribution in [0, 0.1) is 3.57 Å². The molecule has 0 bridgehead atoms. The molecule has 1 aliphatic rings. The fraction of sp³-hybridized carbons (Fsp3) is 0.630. The molecule has 39 heavy (non-hydrogen) atoms. The molecule has 2 rings (SSSR count). The number of rotatable bonds is 16. The molecule has 12 heteroatoms. The molecule has 0 saturated heterocycles. The largest absolute Gasteiger partial charge is 0.493 e. The van der Waals surface area contributed by atoms with Crippen molar-refractivity contribution in [3.8, 4) is 11.5 Å². The Hall–Kier alpha value is -1.97. The van der Waals surface area contributed by atoms with Gasteiger partial charge in [0.2, 0.25) is 11.8 Å². The van der Waals surface area contributed by atoms with E-state index in [-0.39, 0.29) is 51.2 Å². The molecule has 0 saturated carbocycles. The summed E-state index contributed by atoms with van der Waals surface area (Å²) in [5.74, 6) is 0.0627. The summed E-state index contributed by atoms with van der Waals surface area (Å²) in [6.07, 6.45) is 0.166. The van der Waals surface area contributed by atoms with Gasteiger partial charge in [-0.15, -0.1) is 0 Å². The van der Waals surface area contributed by atoms with Crippen LogP contribution in [0.4, 0.5) is 0 Å². The lowest BCUT2D eigenvalue weighted by Crippen LogP contribution is -2.55. The van der Waals surface area contributed by atoms with Crippen molar-refractivity contribution in [3.63, 3.8) is 0 Å². The van der Waals surface area contributed by atoms with Crippen molar-refractivity contribution in [2.75, 3.05) is 47.1 Å². The third kappa shape index (κ3) is 9.87. The Morgan fingerprint density at radius 2 is 1.95 bits per heavy atom. The number of ether oxygens (including phenoxy) is 4. The van der Waals surface area contributed by atoms with Gasteiger partial charge >= 0.3 is 0 Å². The van der Waals surface area contributed by atoms with Crippen molar-refractivity contribution in [3.05, 3.63) is 32.9 Å². The second-order valence-corrected chi connectivity index (χ2v) is 10.5. The number of nitrogens with one attached hydrogen (secondary N) is 1. The fourth-order valence-corrected chi connectivity index (χ4v) is 5.05. The second-order valence-electron chi connectivity index (χ2n) is 9.39. The van der Waals surface area contributed by atoms with Gasteiger partial charge in [0.15, 0.2) is 11.5 Å². The summed E-state index contributed by atoms with van der Waals surface area (Å²) < 4.78 is 23.1. The molecular formula is C27H41IN2O9. The summed E-state index contributed by atoms with van der Waals surface area (Å²) >= 11 is 2.05. The summed E-state index contributed by atoms with van der Waals surface area (Å²) in [6.45, 7) is 4.46. The van der Waals surface area contributed by atoms with Crippen molar-refractivity contribution >= 4 is 34.4 Å². The Morgan fingerprint density at radius 3 is 2.56 bits per heavy atom. The number of methoxy groups -OCH3 is 2. The molecule has 0 aliphatic heterocycles. The van der Waals surface area contributed by atoms with E-state index in [2.05, 4.69) is 27.9 Å². The maximum absolute atomic E-state index is 13.3. The number of benzene rings is 1. The van der Waals surface area contributed by atoms with E-state index < -0.39 is 24.2 Å². The first-order chi connectivity index (χ1) is 18.7. The lowest BCUT2D eigenvalue weighted by Gasteiger charge is -2.40. The van der Waals surface area contributed by atoms with Crippen LogP contribution < -0.4 is 14.8 Å². The van der Waals surface area contributed by atoms with E-state index in [0.29, 0.717) is 45.8 Å². The Labute approximate surface area is 243 Å². The standard InChI is InChI=1S/C27H41IN2O9/c1-17(2)38-10-5-8-30(24(33)6-11-36-3)21-14-19(27(35)29-7-9-31)15-22(25(21)34)39-26-20(28)12-18(16-32)13-23(26)37-4/h12-13,15,17,21-22,25,31-32,34H,5-11,14,16H2,1-4H3,(H,29,35). The van der Waals surface area contributed by atoms with Gasteiger partial charge in [-0.2, -0.15) is 0 Å². The molecule has 0 radical (unpaired) electrons. The van der Waals surface area contributed by atoms with Gasteiger partial charge in [0.25, 0.3) is 0 Å². The van der Waals surface area contributed by atoms with Gasteiger partial charge in [0.05, 0.1) is 49.1 Å². The lowest BCUT2D eigenvalue weighted by atomic mass is 9.88. The fourth-order valence-electron chi connectivity index (χ4n) is 4.26. The van der Waals surface area contributed by atoms with Crippen LogP contribution in [0.1, 0.15) is 38.7 Å². The minimum Gasteiger partial charge on any atom is -0.493 e. The van der Waals surface area contributed by atoms with Crippen LogP contribution in [-0.2, 0) is 25.7 Å². The van der Waals surface area contributed by atoms with Crippen LogP contribution >= 0.6 is 22.6 Å². The number of hydrogen-bond acceptors (Lipinski definition) is 9. The maximum Gasteiger partial charge on any atom is 0.247 e. The number of aliphatic hydroxyl groups is 3. The number of amides is 2. The zero-order valence-corrected chi connectivity index (χ0v) is 25.2. The Bertz CT molecular complexity index is 973. The minimum atomic E-state index is -1.17. The van der Waals surface area contributed by atoms with E-state index in [0.717, 1.165) is 0 Å². The van der Waals surface area contributed by atoms with Crippen molar-refractivity contribution in [1.29, 1.82) is 0 Å². The molecule has 1 aromatic rings. The first-order valence-corrected chi connectivity index (χ1v) is 14.1. The van der Waals surface area contributed by atoms with Crippen LogP contribution in [0.15, 0.2) is 23.8 Å². The average molecular weight is 665 g/mol. The highest BCUT2D eigenvalue weighted by Gasteiger charge is 2.40. The molecule has 2 amide bonds. The third-order valence-electron chi connectivity index (χ3n) is 6.18. The Morgan fingerprint density at radius 1 is 1.21 bits per heavy atom. The van der Waals surface area contributed by atoms with Gasteiger partial charge in [-0.3, -0.25) is 9.59 Å². The highest BCUT2D eigenvalue weighted by atomic mass is 127. The van der Waals surface area contributed by atoms with E-state index in [9.17, 15) is 24.9 Å². The van der Waals surface area contributed by atoms with Gasteiger partial charge in [-0.05, 0) is 66.6 Å². The number of aliphatic hydroxyl groups excluding tert-OH is 3. The summed E-state index contributed by atoms with van der Waals surface area (Å²) in [5, 5.41) is 32.9. The predicted octanol–water partition coefficient (Wildman–Crippen LogP) is 1.39. The van der Waals surface area contributed by atoms with Crippen LogP contribution in [-0.4, -0.2) is 104 Å². The third-order valence-corrected chi connectivity index (χ3v) is 6.98. The molecule has 0 spiro atoms. The minimum absolute atomic E-state index is 0.0418. The first kappa shape index (κ1) is 33.2. The monoisotopic (exact) mass is 664 g/mol. The van der Waals surface area contributed by atoms with Gasteiger partial charge in [0.1, 0.15) is 12.2 Å². The van der Waals surface area contributed by atoms with Gasteiger partial charge in [-0.25, -0.2) is 0 Å². The topological polar surface area (TPSA) is 147 Å². The van der Waals surface area contributed by atoms with Crippen molar-refractivity contribution < 1.29 is 43.9 Å². The van der Waals surface area contributed by atoms with E-state index in [4.69, 9.17) is 18.9 Å². The molecule has 11 nitrogen and oxygen atoms in total. The van der Waals surface area contributed by atoms with Crippen LogP contribution in [0.25, 0.3) is 0 Å². The lowest BCUT2D eigenvalue weighted by molar-refractivity contribution is -0.139. The van der Waals surface area contributed by atoms with E-state index in [1.54, 1.807) is 23.1 Å². The Kier molecular flexibility index (Phi) is 14.5. The summed E-state index contributed by atoms with van der Waals surface area (Å²) in [6, 6.07) is 2.61. The molecule has 0 aromatic heterocycles. The van der Waals surface area contributed by atoms with Crippen LogP contribution in [0.2, 0.25) is 0 Å². The molecule has 3 unspecified atom stereocenters.